The van der Waals surface area contributed by atoms with Crippen molar-refractivity contribution in [3.05, 3.63) is 41.4 Å². The predicted molar refractivity (Wildman–Crippen MR) is 91.9 cm³/mol. The van der Waals surface area contributed by atoms with Crippen LogP contribution in [0.3, 0.4) is 0 Å². The smallest absolute Gasteiger partial charge is 0.271 e. The molecule has 0 aliphatic carbocycles. The van der Waals surface area contributed by atoms with Crippen molar-refractivity contribution in [2.45, 2.75) is 13.0 Å². The van der Waals surface area contributed by atoms with E-state index in [0.29, 0.717) is 32.0 Å². The standard InChI is InChI=1S/C17H19N3O3S/c1-12(17(22)20-7-9-23-10-8-20)18-15(21)14-11-24-16(19-14)13-5-3-2-4-6-13/h2-6,11-12H,7-10H2,1H3,(H,18,21)/t12-/m1/s1. The van der Waals surface area contributed by atoms with Crippen LogP contribution in [0, 0.1) is 0 Å². The molecule has 6 nitrogen and oxygen atoms in total. The van der Waals surface area contributed by atoms with Crippen LogP contribution in [0.2, 0.25) is 0 Å². The van der Waals surface area contributed by atoms with Crippen LogP contribution in [-0.4, -0.2) is 54.0 Å². The van der Waals surface area contributed by atoms with Gasteiger partial charge in [0, 0.05) is 24.0 Å². The van der Waals surface area contributed by atoms with Crippen molar-refractivity contribution in [3.63, 3.8) is 0 Å². The Bertz CT molecular complexity index is 711. The lowest BCUT2D eigenvalue weighted by Crippen LogP contribution is -2.50. The molecule has 0 spiro atoms. The molecule has 1 fully saturated rings. The average Bonchev–Trinajstić information content (AvgIpc) is 3.13. The summed E-state index contributed by atoms with van der Waals surface area (Å²) >= 11 is 1.41. The highest BCUT2D eigenvalue weighted by molar-refractivity contribution is 7.13. The van der Waals surface area contributed by atoms with E-state index in [-0.39, 0.29) is 11.8 Å². The maximum atomic E-state index is 12.3. The number of nitrogens with one attached hydrogen (secondary N) is 1. The van der Waals surface area contributed by atoms with Gasteiger partial charge in [-0.3, -0.25) is 9.59 Å². The first-order chi connectivity index (χ1) is 11.6. The van der Waals surface area contributed by atoms with Crippen LogP contribution in [0.25, 0.3) is 10.6 Å². The topological polar surface area (TPSA) is 71.5 Å². The summed E-state index contributed by atoms with van der Waals surface area (Å²) < 4.78 is 5.23. The Hall–Kier alpha value is -2.25. The van der Waals surface area contributed by atoms with Gasteiger partial charge in [0.2, 0.25) is 5.91 Å². The molecule has 2 heterocycles. The summed E-state index contributed by atoms with van der Waals surface area (Å²) in [4.78, 5) is 30.7. The number of benzene rings is 1. The Balaban J connectivity index is 1.62. The highest BCUT2D eigenvalue weighted by Crippen LogP contribution is 2.23. The molecule has 1 aliphatic heterocycles. The zero-order valence-corrected chi connectivity index (χ0v) is 14.2. The number of morpholine rings is 1. The van der Waals surface area contributed by atoms with E-state index < -0.39 is 6.04 Å². The molecule has 7 heteroatoms. The Kier molecular flexibility index (Phi) is 5.22. The Morgan fingerprint density at radius 2 is 1.96 bits per heavy atom. The molecular weight excluding hydrogens is 326 g/mol. The van der Waals surface area contributed by atoms with E-state index in [9.17, 15) is 9.59 Å². The minimum atomic E-state index is -0.586. The molecular formula is C17H19N3O3S. The number of hydrogen-bond donors (Lipinski definition) is 1. The number of thiazole rings is 1. The minimum Gasteiger partial charge on any atom is -0.378 e. The molecule has 24 heavy (non-hydrogen) atoms. The summed E-state index contributed by atoms with van der Waals surface area (Å²) in [7, 11) is 0. The Labute approximate surface area is 144 Å². The van der Waals surface area contributed by atoms with E-state index in [0.717, 1.165) is 10.6 Å². The number of aromatic nitrogens is 1. The number of carbonyl (C=O) groups is 2. The van der Waals surface area contributed by atoms with Crippen LogP contribution < -0.4 is 5.32 Å². The van der Waals surface area contributed by atoms with Gasteiger partial charge in [-0.1, -0.05) is 30.3 Å². The second kappa shape index (κ2) is 7.55. The van der Waals surface area contributed by atoms with E-state index in [2.05, 4.69) is 10.3 Å². The van der Waals surface area contributed by atoms with E-state index in [1.165, 1.54) is 11.3 Å². The Morgan fingerprint density at radius 1 is 1.25 bits per heavy atom. The fraction of sp³-hybridized carbons (Fsp3) is 0.353. The quantitative estimate of drug-likeness (QED) is 0.917. The molecule has 1 atom stereocenters. The summed E-state index contributed by atoms with van der Waals surface area (Å²) in [5, 5.41) is 5.23. The molecule has 1 N–H and O–H groups in total. The van der Waals surface area contributed by atoms with E-state index in [4.69, 9.17) is 4.74 Å². The van der Waals surface area contributed by atoms with Gasteiger partial charge in [0.15, 0.2) is 0 Å². The van der Waals surface area contributed by atoms with Gasteiger partial charge in [0.05, 0.1) is 13.2 Å². The second-order valence-electron chi connectivity index (χ2n) is 5.54. The fourth-order valence-electron chi connectivity index (χ4n) is 2.48. The van der Waals surface area contributed by atoms with E-state index >= 15 is 0 Å². The van der Waals surface area contributed by atoms with Crippen LogP contribution in [0.5, 0.6) is 0 Å². The number of ether oxygens (including phenoxy) is 1. The lowest BCUT2D eigenvalue weighted by Gasteiger charge is -2.29. The van der Waals surface area contributed by atoms with E-state index in [1.54, 1.807) is 17.2 Å². The number of amides is 2. The van der Waals surface area contributed by atoms with Crippen LogP contribution >= 0.6 is 11.3 Å². The normalized spacial score (nSPS) is 15.8. The van der Waals surface area contributed by atoms with Gasteiger partial charge in [0.1, 0.15) is 16.7 Å². The molecule has 3 rings (SSSR count). The third-order valence-electron chi connectivity index (χ3n) is 3.80. The fourth-order valence-corrected chi connectivity index (χ4v) is 3.29. The van der Waals surface area contributed by atoms with Gasteiger partial charge in [-0.15, -0.1) is 11.3 Å². The van der Waals surface area contributed by atoms with Crippen LogP contribution in [-0.2, 0) is 9.53 Å². The molecule has 0 radical (unpaired) electrons. The summed E-state index contributed by atoms with van der Waals surface area (Å²) in [5.74, 6) is -0.423. The first-order valence-corrected chi connectivity index (χ1v) is 8.71. The molecule has 1 saturated heterocycles. The van der Waals surface area contributed by atoms with Crippen LogP contribution in [0.4, 0.5) is 0 Å². The molecule has 1 aromatic heterocycles. The zero-order chi connectivity index (χ0) is 16.9. The summed E-state index contributed by atoms with van der Waals surface area (Å²) in [6.45, 7) is 3.90. The first-order valence-electron chi connectivity index (χ1n) is 7.83. The lowest BCUT2D eigenvalue weighted by molar-refractivity contribution is -0.136. The maximum absolute atomic E-state index is 12.3. The number of rotatable bonds is 4. The van der Waals surface area contributed by atoms with Gasteiger partial charge in [-0.05, 0) is 6.92 Å². The van der Waals surface area contributed by atoms with Crippen molar-refractivity contribution in [2.24, 2.45) is 0 Å². The first kappa shape index (κ1) is 16.6. The highest BCUT2D eigenvalue weighted by atomic mass is 32.1. The van der Waals surface area contributed by atoms with E-state index in [1.807, 2.05) is 30.3 Å². The van der Waals surface area contributed by atoms with Crippen molar-refractivity contribution < 1.29 is 14.3 Å². The molecule has 0 bridgehead atoms. The van der Waals surface area contributed by atoms with Gasteiger partial charge in [-0.2, -0.15) is 0 Å². The second-order valence-corrected chi connectivity index (χ2v) is 6.39. The Morgan fingerprint density at radius 3 is 2.67 bits per heavy atom. The van der Waals surface area contributed by atoms with Crippen molar-refractivity contribution >= 4 is 23.2 Å². The third-order valence-corrected chi connectivity index (χ3v) is 4.69. The van der Waals surface area contributed by atoms with Gasteiger partial charge >= 0.3 is 0 Å². The predicted octanol–water partition coefficient (Wildman–Crippen LogP) is 1.79. The highest BCUT2D eigenvalue weighted by Gasteiger charge is 2.24. The maximum Gasteiger partial charge on any atom is 0.271 e. The SMILES string of the molecule is C[C@@H](NC(=O)c1csc(-c2ccccc2)n1)C(=O)N1CCOCC1. The molecule has 126 valence electrons. The number of carbonyl (C=O) groups excluding carboxylic acids is 2. The molecule has 1 aromatic carbocycles. The molecule has 2 amide bonds. The molecule has 0 unspecified atom stereocenters. The van der Waals surface area contributed by atoms with Crippen molar-refractivity contribution in [1.82, 2.24) is 15.2 Å². The van der Waals surface area contributed by atoms with Gasteiger partial charge in [-0.25, -0.2) is 4.98 Å². The summed E-state index contributed by atoms with van der Waals surface area (Å²) in [6, 6.07) is 9.11. The van der Waals surface area contributed by atoms with Gasteiger partial charge < -0.3 is 15.0 Å². The monoisotopic (exact) mass is 345 g/mol. The minimum absolute atomic E-state index is 0.0924. The largest absolute Gasteiger partial charge is 0.378 e. The van der Waals surface area contributed by atoms with Crippen LogP contribution in [0.1, 0.15) is 17.4 Å². The molecule has 0 saturated carbocycles. The van der Waals surface area contributed by atoms with Crippen LogP contribution in [0.15, 0.2) is 35.7 Å². The number of hydrogen-bond acceptors (Lipinski definition) is 5. The molecule has 2 aromatic rings. The lowest BCUT2D eigenvalue weighted by atomic mass is 10.2. The summed E-state index contributed by atoms with van der Waals surface area (Å²) in [6.07, 6.45) is 0. The molecule has 1 aliphatic rings. The zero-order valence-electron chi connectivity index (χ0n) is 13.4. The third kappa shape index (κ3) is 3.80. The average molecular weight is 345 g/mol. The van der Waals surface area contributed by atoms with Crippen molar-refractivity contribution in [2.75, 3.05) is 26.3 Å². The van der Waals surface area contributed by atoms with Crippen molar-refractivity contribution in [3.8, 4) is 10.6 Å². The number of nitrogens with zero attached hydrogens (tertiary/aromatic N) is 2. The van der Waals surface area contributed by atoms with Crippen molar-refractivity contribution in [1.29, 1.82) is 0 Å². The summed E-state index contributed by atoms with van der Waals surface area (Å²) in [5.41, 5.74) is 1.31. The van der Waals surface area contributed by atoms with Gasteiger partial charge in [0.25, 0.3) is 5.91 Å².